The molecule has 7 heteroatoms. The SMILES string of the molecule is COc1cc(C(=O)NC(CC(C)C)c2nc(C)c(C)s2)cc(OC)c1OC. The summed E-state index contributed by atoms with van der Waals surface area (Å²) in [6.45, 7) is 8.30. The summed E-state index contributed by atoms with van der Waals surface area (Å²) in [5.41, 5.74) is 1.45. The van der Waals surface area contributed by atoms with Crippen LogP contribution in [0.2, 0.25) is 0 Å². The fourth-order valence-electron chi connectivity index (χ4n) is 2.79. The summed E-state index contributed by atoms with van der Waals surface area (Å²) in [4.78, 5) is 18.8. The normalized spacial score (nSPS) is 12.0. The maximum atomic E-state index is 13.0. The molecule has 0 saturated carbocycles. The Morgan fingerprint density at radius 1 is 1.11 bits per heavy atom. The average molecular weight is 393 g/mol. The molecule has 6 nitrogen and oxygen atoms in total. The Morgan fingerprint density at radius 2 is 1.70 bits per heavy atom. The number of ether oxygens (including phenoxy) is 3. The van der Waals surface area contributed by atoms with Gasteiger partial charge in [0.15, 0.2) is 11.5 Å². The standard InChI is InChI=1S/C20H28N2O4S/c1-11(2)8-15(20-21-12(3)13(4)27-20)22-19(23)14-9-16(24-5)18(26-7)17(10-14)25-6/h9-11,15H,8H2,1-7H3,(H,22,23). The Morgan fingerprint density at radius 3 is 2.11 bits per heavy atom. The number of benzene rings is 1. The van der Waals surface area contributed by atoms with E-state index < -0.39 is 0 Å². The third-order valence-electron chi connectivity index (χ3n) is 4.28. The van der Waals surface area contributed by atoms with E-state index in [4.69, 9.17) is 14.2 Å². The lowest BCUT2D eigenvalue weighted by molar-refractivity contribution is 0.0931. The summed E-state index contributed by atoms with van der Waals surface area (Å²) in [5, 5.41) is 4.05. The van der Waals surface area contributed by atoms with Crippen molar-refractivity contribution in [1.82, 2.24) is 10.3 Å². The summed E-state index contributed by atoms with van der Waals surface area (Å²) in [7, 11) is 4.59. The van der Waals surface area contributed by atoms with Crippen LogP contribution in [0.3, 0.4) is 0 Å². The lowest BCUT2D eigenvalue weighted by atomic mass is 10.0. The molecule has 0 aliphatic carbocycles. The number of carbonyl (C=O) groups is 1. The van der Waals surface area contributed by atoms with Gasteiger partial charge in [-0.2, -0.15) is 0 Å². The molecule has 2 aromatic rings. The van der Waals surface area contributed by atoms with Gasteiger partial charge in [0.2, 0.25) is 5.75 Å². The van der Waals surface area contributed by atoms with Crippen LogP contribution in [0.4, 0.5) is 0 Å². The highest BCUT2D eigenvalue weighted by Gasteiger charge is 2.23. The van der Waals surface area contributed by atoms with Gasteiger partial charge in [-0.15, -0.1) is 11.3 Å². The molecule has 1 aromatic heterocycles. The zero-order valence-electron chi connectivity index (χ0n) is 17.0. The van der Waals surface area contributed by atoms with Crippen LogP contribution in [0.1, 0.15) is 52.2 Å². The topological polar surface area (TPSA) is 69.7 Å². The average Bonchev–Trinajstić information content (AvgIpc) is 2.98. The molecule has 148 valence electrons. The van der Waals surface area contributed by atoms with Gasteiger partial charge in [0.05, 0.1) is 33.1 Å². The van der Waals surface area contributed by atoms with Crippen LogP contribution in [0.25, 0.3) is 0 Å². The lowest BCUT2D eigenvalue weighted by Gasteiger charge is -2.20. The Labute approximate surface area is 164 Å². The number of methoxy groups -OCH3 is 3. The second-order valence-corrected chi connectivity index (χ2v) is 8.00. The molecule has 0 bridgehead atoms. The number of carbonyl (C=O) groups excluding carboxylic acids is 1. The van der Waals surface area contributed by atoms with E-state index in [2.05, 4.69) is 24.1 Å². The molecule has 2 rings (SSSR count). The highest BCUT2D eigenvalue weighted by atomic mass is 32.1. The van der Waals surface area contributed by atoms with Gasteiger partial charge in [0, 0.05) is 10.4 Å². The van der Waals surface area contributed by atoms with Crippen molar-refractivity contribution >= 4 is 17.2 Å². The minimum absolute atomic E-state index is 0.144. The molecule has 0 fully saturated rings. The first-order chi connectivity index (χ1) is 12.8. The van der Waals surface area contributed by atoms with Crippen molar-refractivity contribution in [3.8, 4) is 17.2 Å². The molecule has 27 heavy (non-hydrogen) atoms. The summed E-state index contributed by atoms with van der Waals surface area (Å²) in [6.07, 6.45) is 0.808. The molecular formula is C20H28N2O4S. The number of aromatic nitrogens is 1. The predicted molar refractivity (Wildman–Crippen MR) is 107 cm³/mol. The zero-order chi connectivity index (χ0) is 20.1. The minimum atomic E-state index is -0.203. The van der Waals surface area contributed by atoms with E-state index >= 15 is 0 Å². The predicted octanol–water partition coefficient (Wildman–Crippen LogP) is 4.30. The van der Waals surface area contributed by atoms with Crippen LogP contribution in [0, 0.1) is 19.8 Å². The smallest absolute Gasteiger partial charge is 0.252 e. The molecule has 0 saturated heterocycles. The number of amides is 1. The molecule has 1 amide bonds. The number of rotatable bonds is 8. The molecule has 0 spiro atoms. The molecule has 0 radical (unpaired) electrons. The quantitative estimate of drug-likeness (QED) is 0.725. The van der Waals surface area contributed by atoms with Crippen LogP contribution in [0.5, 0.6) is 17.2 Å². The number of nitrogens with zero attached hydrogens (tertiary/aromatic N) is 1. The minimum Gasteiger partial charge on any atom is -0.493 e. The molecule has 1 unspecified atom stereocenters. The Kier molecular flexibility index (Phi) is 7.07. The molecule has 1 heterocycles. The second-order valence-electron chi connectivity index (χ2n) is 6.76. The number of thiazole rings is 1. The third-order valence-corrected chi connectivity index (χ3v) is 5.47. The van der Waals surface area contributed by atoms with Crippen molar-refractivity contribution < 1.29 is 19.0 Å². The van der Waals surface area contributed by atoms with E-state index in [0.29, 0.717) is 28.7 Å². The molecular weight excluding hydrogens is 364 g/mol. The van der Waals surface area contributed by atoms with Crippen molar-refractivity contribution in [2.45, 2.75) is 40.2 Å². The first-order valence-electron chi connectivity index (χ1n) is 8.85. The maximum absolute atomic E-state index is 13.0. The van der Waals surface area contributed by atoms with Crippen molar-refractivity contribution in [1.29, 1.82) is 0 Å². The van der Waals surface area contributed by atoms with Crippen molar-refractivity contribution in [2.75, 3.05) is 21.3 Å². The van der Waals surface area contributed by atoms with E-state index in [1.807, 2.05) is 13.8 Å². The van der Waals surface area contributed by atoms with E-state index in [9.17, 15) is 4.79 Å². The summed E-state index contributed by atoms with van der Waals surface area (Å²) in [6, 6.07) is 3.16. The highest BCUT2D eigenvalue weighted by Crippen LogP contribution is 2.38. The van der Waals surface area contributed by atoms with Gasteiger partial charge in [-0.25, -0.2) is 4.98 Å². The molecule has 0 aliphatic rings. The number of hydrogen-bond acceptors (Lipinski definition) is 6. The number of hydrogen-bond donors (Lipinski definition) is 1. The molecule has 1 N–H and O–H groups in total. The molecule has 0 aliphatic heterocycles. The highest BCUT2D eigenvalue weighted by molar-refractivity contribution is 7.11. The van der Waals surface area contributed by atoms with Crippen LogP contribution >= 0.6 is 11.3 Å². The van der Waals surface area contributed by atoms with Gasteiger partial charge in [-0.1, -0.05) is 13.8 Å². The molecule has 1 aromatic carbocycles. The van der Waals surface area contributed by atoms with Crippen LogP contribution in [-0.4, -0.2) is 32.2 Å². The molecule has 1 atom stereocenters. The van der Waals surface area contributed by atoms with Gasteiger partial charge < -0.3 is 19.5 Å². The lowest BCUT2D eigenvalue weighted by Crippen LogP contribution is -2.29. The third kappa shape index (κ3) is 4.91. The summed E-state index contributed by atoms with van der Waals surface area (Å²) in [5.74, 6) is 1.57. The van der Waals surface area contributed by atoms with Crippen LogP contribution in [-0.2, 0) is 0 Å². The second kappa shape index (κ2) is 9.08. The Bertz CT molecular complexity index is 757. The zero-order valence-corrected chi connectivity index (χ0v) is 17.8. The van der Waals surface area contributed by atoms with Crippen LogP contribution in [0.15, 0.2) is 12.1 Å². The van der Waals surface area contributed by atoms with Gasteiger partial charge in [-0.3, -0.25) is 4.79 Å². The maximum Gasteiger partial charge on any atom is 0.252 e. The first-order valence-corrected chi connectivity index (χ1v) is 9.67. The van der Waals surface area contributed by atoms with E-state index in [0.717, 1.165) is 17.1 Å². The van der Waals surface area contributed by atoms with Crippen molar-refractivity contribution in [3.05, 3.63) is 33.3 Å². The van der Waals surface area contributed by atoms with E-state index in [-0.39, 0.29) is 11.9 Å². The van der Waals surface area contributed by atoms with Crippen molar-refractivity contribution in [2.24, 2.45) is 5.92 Å². The number of nitrogens with one attached hydrogen (secondary N) is 1. The Hall–Kier alpha value is -2.28. The van der Waals surface area contributed by atoms with Crippen molar-refractivity contribution in [3.63, 3.8) is 0 Å². The fourth-order valence-corrected chi connectivity index (χ4v) is 3.78. The van der Waals surface area contributed by atoms with Crippen LogP contribution < -0.4 is 19.5 Å². The summed E-state index contributed by atoms with van der Waals surface area (Å²) >= 11 is 1.63. The van der Waals surface area contributed by atoms with Gasteiger partial charge in [0.1, 0.15) is 5.01 Å². The van der Waals surface area contributed by atoms with Gasteiger partial charge in [0.25, 0.3) is 5.91 Å². The van der Waals surface area contributed by atoms with E-state index in [1.165, 1.54) is 26.2 Å². The Balaban J connectivity index is 2.34. The van der Waals surface area contributed by atoms with Gasteiger partial charge in [-0.05, 0) is 38.3 Å². The van der Waals surface area contributed by atoms with E-state index in [1.54, 1.807) is 23.5 Å². The largest absolute Gasteiger partial charge is 0.493 e. The number of aryl methyl sites for hydroxylation is 2. The van der Waals surface area contributed by atoms with Gasteiger partial charge >= 0.3 is 0 Å². The summed E-state index contributed by atoms with van der Waals surface area (Å²) < 4.78 is 16.0. The monoisotopic (exact) mass is 392 g/mol. The fraction of sp³-hybridized carbons (Fsp3) is 0.500. The first kappa shape index (κ1) is 21.0.